The van der Waals surface area contributed by atoms with Crippen LogP contribution >= 0.6 is 11.8 Å². The van der Waals surface area contributed by atoms with E-state index in [4.69, 9.17) is 4.74 Å². The maximum atomic E-state index is 10.4. The van der Waals surface area contributed by atoms with Crippen molar-refractivity contribution in [2.75, 3.05) is 18.1 Å². The summed E-state index contributed by atoms with van der Waals surface area (Å²) in [4.78, 5) is 4.27. The standard InChI is InChI=1S/C18H22N2O2S/c21-18(8-10-23-14-18)13-19-11-15-5-1-2-7-17(15)22-12-16-6-3-4-9-20-16/h1-7,9,19,21H,8,10-14H2. The van der Waals surface area contributed by atoms with Crippen LogP contribution in [0.5, 0.6) is 5.75 Å². The molecule has 1 saturated heterocycles. The topological polar surface area (TPSA) is 54.4 Å². The maximum absolute atomic E-state index is 10.4. The van der Waals surface area contributed by atoms with Gasteiger partial charge in [-0.2, -0.15) is 11.8 Å². The fourth-order valence-electron chi connectivity index (χ4n) is 2.59. The van der Waals surface area contributed by atoms with Gasteiger partial charge in [-0.25, -0.2) is 0 Å². The predicted molar refractivity (Wildman–Crippen MR) is 93.6 cm³/mol. The third-order valence-electron chi connectivity index (χ3n) is 3.93. The zero-order valence-corrected chi connectivity index (χ0v) is 13.9. The summed E-state index contributed by atoms with van der Waals surface area (Å²) in [6.45, 7) is 1.76. The highest BCUT2D eigenvalue weighted by Gasteiger charge is 2.31. The van der Waals surface area contributed by atoms with E-state index in [2.05, 4.69) is 10.3 Å². The van der Waals surface area contributed by atoms with E-state index in [0.717, 1.165) is 34.9 Å². The molecular formula is C18H22N2O2S. The van der Waals surface area contributed by atoms with E-state index in [-0.39, 0.29) is 0 Å². The Hall–Kier alpha value is -1.56. The number of ether oxygens (including phenoxy) is 1. The molecule has 1 aliphatic rings. The van der Waals surface area contributed by atoms with E-state index >= 15 is 0 Å². The molecule has 1 fully saturated rings. The molecule has 0 bridgehead atoms. The first-order valence-electron chi connectivity index (χ1n) is 7.87. The van der Waals surface area contributed by atoms with Crippen LogP contribution in [0.1, 0.15) is 17.7 Å². The summed E-state index contributed by atoms with van der Waals surface area (Å²) in [5, 5.41) is 13.7. The van der Waals surface area contributed by atoms with Crippen molar-refractivity contribution in [3.63, 3.8) is 0 Å². The first-order valence-corrected chi connectivity index (χ1v) is 9.02. The van der Waals surface area contributed by atoms with Crippen molar-refractivity contribution in [2.45, 2.75) is 25.2 Å². The SMILES string of the molecule is OC1(CNCc2ccccc2OCc2ccccn2)CCSC1. The Bertz CT molecular complexity index is 615. The lowest BCUT2D eigenvalue weighted by Gasteiger charge is -2.22. The fourth-order valence-corrected chi connectivity index (χ4v) is 3.89. The summed E-state index contributed by atoms with van der Waals surface area (Å²) in [7, 11) is 0. The number of para-hydroxylation sites is 1. The van der Waals surface area contributed by atoms with Crippen molar-refractivity contribution in [3.8, 4) is 5.75 Å². The van der Waals surface area contributed by atoms with Gasteiger partial charge in [0, 0.05) is 30.6 Å². The maximum Gasteiger partial charge on any atom is 0.130 e. The van der Waals surface area contributed by atoms with Crippen molar-refractivity contribution in [1.29, 1.82) is 0 Å². The minimum Gasteiger partial charge on any atom is -0.487 e. The second-order valence-corrected chi connectivity index (χ2v) is 6.95. The second kappa shape index (κ2) is 7.81. The van der Waals surface area contributed by atoms with Crippen LogP contribution in [0.4, 0.5) is 0 Å². The highest BCUT2D eigenvalue weighted by molar-refractivity contribution is 7.99. The number of aromatic nitrogens is 1. The van der Waals surface area contributed by atoms with Crippen LogP contribution in [-0.2, 0) is 13.2 Å². The van der Waals surface area contributed by atoms with Gasteiger partial charge in [0.15, 0.2) is 0 Å². The van der Waals surface area contributed by atoms with Gasteiger partial charge in [0.1, 0.15) is 12.4 Å². The van der Waals surface area contributed by atoms with Crippen LogP contribution in [0, 0.1) is 0 Å². The van der Waals surface area contributed by atoms with Gasteiger partial charge in [-0.3, -0.25) is 4.98 Å². The van der Waals surface area contributed by atoms with Gasteiger partial charge >= 0.3 is 0 Å². The van der Waals surface area contributed by atoms with Crippen molar-refractivity contribution < 1.29 is 9.84 Å². The van der Waals surface area contributed by atoms with Crippen LogP contribution in [-0.4, -0.2) is 33.7 Å². The highest BCUT2D eigenvalue weighted by Crippen LogP contribution is 2.27. The Morgan fingerprint density at radius 3 is 2.87 bits per heavy atom. The Balaban J connectivity index is 1.55. The summed E-state index contributed by atoms with van der Waals surface area (Å²) in [6.07, 6.45) is 2.63. The molecule has 2 N–H and O–H groups in total. The molecule has 23 heavy (non-hydrogen) atoms. The van der Waals surface area contributed by atoms with Crippen LogP contribution in [0.15, 0.2) is 48.7 Å². The molecule has 5 heteroatoms. The Kier molecular flexibility index (Phi) is 5.54. The molecule has 2 heterocycles. The monoisotopic (exact) mass is 330 g/mol. The minimum atomic E-state index is -0.561. The zero-order valence-electron chi connectivity index (χ0n) is 13.1. The Morgan fingerprint density at radius 1 is 1.22 bits per heavy atom. The van der Waals surface area contributed by atoms with Crippen molar-refractivity contribution >= 4 is 11.8 Å². The van der Waals surface area contributed by atoms with E-state index in [0.29, 0.717) is 19.7 Å². The number of hydrogen-bond acceptors (Lipinski definition) is 5. The van der Waals surface area contributed by atoms with E-state index < -0.39 is 5.60 Å². The fraction of sp³-hybridized carbons (Fsp3) is 0.389. The van der Waals surface area contributed by atoms with Gasteiger partial charge in [0.25, 0.3) is 0 Å². The predicted octanol–water partition coefficient (Wildman–Crippen LogP) is 2.62. The van der Waals surface area contributed by atoms with Gasteiger partial charge in [0.2, 0.25) is 0 Å². The summed E-state index contributed by atoms with van der Waals surface area (Å²) in [5.41, 5.74) is 1.44. The number of aliphatic hydroxyl groups is 1. The van der Waals surface area contributed by atoms with Gasteiger partial charge in [-0.05, 0) is 30.4 Å². The van der Waals surface area contributed by atoms with E-state index in [1.54, 1.807) is 6.20 Å². The molecule has 1 aliphatic heterocycles. The van der Waals surface area contributed by atoms with Gasteiger partial charge in [-0.1, -0.05) is 24.3 Å². The zero-order chi connectivity index (χ0) is 16.0. The number of nitrogens with one attached hydrogen (secondary N) is 1. The molecule has 1 unspecified atom stereocenters. The number of hydrogen-bond donors (Lipinski definition) is 2. The largest absolute Gasteiger partial charge is 0.487 e. The van der Waals surface area contributed by atoms with Crippen LogP contribution in [0.25, 0.3) is 0 Å². The van der Waals surface area contributed by atoms with E-state index in [1.165, 1.54) is 0 Å². The molecule has 0 aliphatic carbocycles. The van der Waals surface area contributed by atoms with Gasteiger partial charge < -0.3 is 15.2 Å². The highest BCUT2D eigenvalue weighted by atomic mass is 32.2. The van der Waals surface area contributed by atoms with Crippen molar-refractivity contribution in [1.82, 2.24) is 10.3 Å². The smallest absolute Gasteiger partial charge is 0.130 e. The number of thioether (sulfide) groups is 1. The molecule has 1 atom stereocenters. The number of benzene rings is 1. The molecule has 0 saturated carbocycles. The Morgan fingerprint density at radius 2 is 2.09 bits per heavy atom. The average Bonchev–Trinajstić information content (AvgIpc) is 3.02. The van der Waals surface area contributed by atoms with Crippen LogP contribution in [0.3, 0.4) is 0 Å². The normalized spacial score (nSPS) is 20.6. The number of rotatable bonds is 7. The summed E-state index contributed by atoms with van der Waals surface area (Å²) in [5.74, 6) is 2.72. The van der Waals surface area contributed by atoms with E-state index in [9.17, 15) is 5.11 Å². The summed E-state index contributed by atoms with van der Waals surface area (Å²) >= 11 is 1.81. The van der Waals surface area contributed by atoms with E-state index in [1.807, 2.05) is 54.2 Å². The van der Waals surface area contributed by atoms with Gasteiger partial charge in [-0.15, -0.1) is 0 Å². The second-order valence-electron chi connectivity index (χ2n) is 5.85. The molecular weight excluding hydrogens is 308 g/mol. The third-order valence-corrected chi connectivity index (χ3v) is 5.16. The number of pyridine rings is 1. The lowest BCUT2D eigenvalue weighted by molar-refractivity contribution is 0.0674. The first-order chi connectivity index (χ1) is 11.3. The molecule has 1 aromatic carbocycles. The molecule has 0 amide bonds. The molecule has 122 valence electrons. The lowest BCUT2D eigenvalue weighted by atomic mass is 10.0. The third kappa shape index (κ3) is 4.70. The average molecular weight is 330 g/mol. The van der Waals surface area contributed by atoms with Crippen LogP contribution < -0.4 is 10.1 Å². The molecule has 4 nitrogen and oxygen atoms in total. The molecule has 3 rings (SSSR count). The number of nitrogens with zero attached hydrogens (tertiary/aromatic N) is 1. The molecule has 0 spiro atoms. The van der Waals surface area contributed by atoms with Crippen molar-refractivity contribution in [2.24, 2.45) is 0 Å². The van der Waals surface area contributed by atoms with Crippen molar-refractivity contribution in [3.05, 3.63) is 59.9 Å². The summed E-state index contributed by atoms with van der Waals surface area (Å²) in [6, 6.07) is 13.8. The molecule has 2 aromatic rings. The lowest BCUT2D eigenvalue weighted by Crippen LogP contribution is -2.40. The summed E-state index contributed by atoms with van der Waals surface area (Å²) < 4.78 is 5.90. The minimum absolute atomic E-state index is 0.457. The first kappa shape index (κ1) is 16.3. The van der Waals surface area contributed by atoms with Gasteiger partial charge in [0.05, 0.1) is 11.3 Å². The van der Waals surface area contributed by atoms with Crippen LogP contribution in [0.2, 0.25) is 0 Å². The Labute approximate surface area is 141 Å². The quantitative estimate of drug-likeness (QED) is 0.817. The molecule has 0 radical (unpaired) electrons. The molecule has 1 aromatic heterocycles.